The Bertz CT molecular complexity index is 1250. The first-order valence-corrected chi connectivity index (χ1v) is 11.0. The van der Waals surface area contributed by atoms with Crippen molar-refractivity contribution in [2.24, 2.45) is 0 Å². The molecule has 1 heterocycles. The lowest BCUT2D eigenvalue weighted by molar-refractivity contribution is -0.116. The molecule has 3 N–H and O–H groups in total. The molecule has 6 nitrogen and oxygen atoms in total. The second kappa shape index (κ2) is 8.54. The normalized spacial score (nSPS) is 19.5. The van der Waals surface area contributed by atoms with Crippen molar-refractivity contribution in [3.05, 3.63) is 89.1 Å². The van der Waals surface area contributed by atoms with Crippen LogP contribution in [0.1, 0.15) is 35.9 Å². The second-order valence-electron chi connectivity index (χ2n) is 8.38. The highest BCUT2D eigenvalue weighted by Gasteiger charge is 2.36. The average molecular weight is 443 g/mol. The van der Waals surface area contributed by atoms with Crippen molar-refractivity contribution >= 4 is 17.2 Å². The van der Waals surface area contributed by atoms with Gasteiger partial charge in [0.25, 0.3) is 0 Å². The predicted molar refractivity (Wildman–Crippen MR) is 128 cm³/mol. The molecule has 0 unspecified atom stereocenters. The maximum atomic E-state index is 13.6. The number of anilines is 2. The van der Waals surface area contributed by atoms with Gasteiger partial charge >= 0.3 is 0 Å². The van der Waals surface area contributed by atoms with Gasteiger partial charge in [-0.05, 0) is 59.9 Å². The van der Waals surface area contributed by atoms with Gasteiger partial charge in [-0.25, -0.2) is 0 Å². The van der Waals surface area contributed by atoms with Crippen LogP contribution in [0.25, 0.3) is 0 Å². The maximum Gasteiger partial charge on any atom is 0.163 e. The number of aromatic hydroxyl groups is 1. The smallest absolute Gasteiger partial charge is 0.163 e. The Kier molecular flexibility index (Phi) is 5.42. The molecule has 0 spiro atoms. The van der Waals surface area contributed by atoms with Crippen molar-refractivity contribution in [1.29, 1.82) is 0 Å². The topological polar surface area (TPSA) is 79.8 Å². The second-order valence-corrected chi connectivity index (χ2v) is 8.38. The summed E-state index contributed by atoms with van der Waals surface area (Å²) in [5.74, 6) is 1.59. The summed E-state index contributed by atoms with van der Waals surface area (Å²) in [7, 11) is 3.23. The molecule has 6 heteroatoms. The van der Waals surface area contributed by atoms with Crippen molar-refractivity contribution in [3.63, 3.8) is 0 Å². The van der Waals surface area contributed by atoms with Gasteiger partial charge in [-0.15, -0.1) is 0 Å². The standard InChI is InChI=1S/C27H26N2O4/c1-32-24-11-10-16(15-25(24)33-2)18-13-22-26(23(31)14-18)27(17-6-5-7-19(30)12-17)29-21-9-4-3-8-20(21)28-22/h3-12,15,18,27-30H,13-14H2,1-2H3/t18-,27-/m0/s1. The van der Waals surface area contributed by atoms with Gasteiger partial charge in [0.2, 0.25) is 0 Å². The number of Topliss-reactive ketones (excluding diaryl/α,β-unsaturated/α-hetero) is 1. The van der Waals surface area contributed by atoms with Crippen molar-refractivity contribution in [3.8, 4) is 17.2 Å². The van der Waals surface area contributed by atoms with Crippen molar-refractivity contribution < 1.29 is 19.4 Å². The Balaban J connectivity index is 1.58. The average Bonchev–Trinajstić information content (AvgIpc) is 3.00. The molecule has 2 atom stereocenters. The highest BCUT2D eigenvalue weighted by Crippen LogP contribution is 2.45. The van der Waals surface area contributed by atoms with Crippen LogP contribution in [-0.4, -0.2) is 25.1 Å². The van der Waals surface area contributed by atoms with E-state index in [9.17, 15) is 9.90 Å². The number of carbonyl (C=O) groups is 1. The van der Waals surface area contributed by atoms with E-state index in [0.717, 1.165) is 28.2 Å². The SMILES string of the molecule is COc1ccc([C@@H]2CC(=O)C3=C(C2)Nc2ccccc2N[C@H]3c2cccc(O)c2)cc1OC. The van der Waals surface area contributed by atoms with E-state index >= 15 is 0 Å². The molecule has 1 aliphatic heterocycles. The summed E-state index contributed by atoms with van der Waals surface area (Å²) in [5.41, 5.74) is 5.34. The molecular weight excluding hydrogens is 416 g/mol. The molecule has 1 aliphatic carbocycles. The lowest BCUT2D eigenvalue weighted by Crippen LogP contribution is -2.26. The number of phenols is 1. The minimum Gasteiger partial charge on any atom is -0.508 e. The molecule has 33 heavy (non-hydrogen) atoms. The largest absolute Gasteiger partial charge is 0.508 e. The summed E-state index contributed by atoms with van der Waals surface area (Å²) in [5, 5.41) is 17.2. The number of hydrogen-bond donors (Lipinski definition) is 3. The quantitative estimate of drug-likeness (QED) is 0.503. The lowest BCUT2D eigenvalue weighted by Gasteiger charge is -2.30. The molecular formula is C27H26N2O4. The summed E-state index contributed by atoms with van der Waals surface area (Å²) in [6, 6.07) is 20.5. The number of benzene rings is 3. The third kappa shape index (κ3) is 3.89. The van der Waals surface area contributed by atoms with Crippen LogP contribution in [0.4, 0.5) is 11.4 Å². The number of para-hydroxylation sites is 2. The van der Waals surface area contributed by atoms with Gasteiger partial charge in [-0.1, -0.05) is 30.3 Å². The first-order chi connectivity index (χ1) is 16.1. The zero-order valence-corrected chi connectivity index (χ0v) is 18.6. The van der Waals surface area contributed by atoms with E-state index in [-0.39, 0.29) is 23.5 Å². The van der Waals surface area contributed by atoms with E-state index < -0.39 is 0 Å². The van der Waals surface area contributed by atoms with Crippen LogP contribution in [0.3, 0.4) is 0 Å². The highest BCUT2D eigenvalue weighted by atomic mass is 16.5. The minimum absolute atomic E-state index is 0.0126. The van der Waals surface area contributed by atoms with Crippen LogP contribution in [0.2, 0.25) is 0 Å². The number of fused-ring (bicyclic) bond motifs is 1. The first kappa shape index (κ1) is 20.9. The molecule has 0 radical (unpaired) electrons. The van der Waals surface area contributed by atoms with Crippen LogP contribution in [0.15, 0.2) is 78.0 Å². The lowest BCUT2D eigenvalue weighted by atomic mass is 9.78. The molecule has 0 saturated carbocycles. The molecule has 0 saturated heterocycles. The van der Waals surface area contributed by atoms with Crippen LogP contribution >= 0.6 is 0 Å². The van der Waals surface area contributed by atoms with Gasteiger partial charge in [-0.3, -0.25) is 4.79 Å². The zero-order valence-electron chi connectivity index (χ0n) is 18.6. The van der Waals surface area contributed by atoms with Gasteiger partial charge in [0.15, 0.2) is 17.3 Å². The van der Waals surface area contributed by atoms with Crippen LogP contribution in [-0.2, 0) is 4.79 Å². The van der Waals surface area contributed by atoms with E-state index in [4.69, 9.17) is 9.47 Å². The maximum absolute atomic E-state index is 13.6. The number of allylic oxidation sites excluding steroid dienone is 1. The van der Waals surface area contributed by atoms with E-state index in [2.05, 4.69) is 10.6 Å². The Morgan fingerprint density at radius 3 is 2.39 bits per heavy atom. The summed E-state index contributed by atoms with van der Waals surface area (Å²) in [4.78, 5) is 13.6. The molecule has 3 aromatic carbocycles. The Labute approximate surface area is 192 Å². The minimum atomic E-state index is -0.359. The monoisotopic (exact) mass is 442 g/mol. The van der Waals surface area contributed by atoms with Gasteiger partial charge in [0.05, 0.1) is 31.6 Å². The van der Waals surface area contributed by atoms with Crippen molar-refractivity contribution in [2.75, 3.05) is 24.9 Å². The number of phenolic OH excluding ortho intramolecular Hbond substituents is 1. The van der Waals surface area contributed by atoms with Crippen molar-refractivity contribution in [2.45, 2.75) is 24.8 Å². The first-order valence-electron chi connectivity index (χ1n) is 11.0. The predicted octanol–water partition coefficient (Wildman–Crippen LogP) is 5.39. The summed E-state index contributed by atoms with van der Waals surface area (Å²) in [6.07, 6.45) is 1.07. The Morgan fingerprint density at radius 2 is 1.64 bits per heavy atom. The van der Waals surface area contributed by atoms with E-state index in [1.165, 1.54) is 0 Å². The third-order valence-electron chi connectivity index (χ3n) is 6.39. The number of ketones is 1. The molecule has 5 rings (SSSR count). The van der Waals surface area contributed by atoms with Crippen LogP contribution in [0.5, 0.6) is 17.2 Å². The number of ether oxygens (including phenoxy) is 2. The van der Waals surface area contributed by atoms with E-state index in [1.54, 1.807) is 32.4 Å². The molecule has 168 valence electrons. The number of rotatable bonds is 4. The summed E-state index contributed by atoms with van der Waals surface area (Å²) >= 11 is 0. The number of nitrogens with one attached hydrogen (secondary N) is 2. The fourth-order valence-electron chi connectivity index (χ4n) is 4.79. The number of methoxy groups -OCH3 is 2. The van der Waals surface area contributed by atoms with Gasteiger partial charge in [-0.2, -0.15) is 0 Å². The molecule has 0 aromatic heterocycles. The Hall–Kier alpha value is -3.93. The van der Waals surface area contributed by atoms with E-state index in [0.29, 0.717) is 29.9 Å². The van der Waals surface area contributed by atoms with E-state index in [1.807, 2.05) is 48.5 Å². The zero-order chi connectivity index (χ0) is 22.9. The number of carbonyl (C=O) groups excluding carboxylic acids is 1. The highest BCUT2D eigenvalue weighted by molar-refractivity contribution is 6.01. The molecule has 0 bridgehead atoms. The third-order valence-corrected chi connectivity index (χ3v) is 6.39. The molecule has 3 aromatic rings. The molecule has 2 aliphatic rings. The fraction of sp³-hybridized carbons (Fsp3) is 0.222. The fourth-order valence-corrected chi connectivity index (χ4v) is 4.79. The molecule has 0 fully saturated rings. The van der Waals surface area contributed by atoms with Crippen molar-refractivity contribution in [1.82, 2.24) is 0 Å². The van der Waals surface area contributed by atoms with Gasteiger partial charge in [0.1, 0.15) is 5.75 Å². The summed E-state index contributed by atoms with van der Waals surface area (Å²) < 4.78 is 10.9. The Morgan fingerprint density at radius 1 is 0.848 bits per heavy atom. The van der Waals surface area contributed by atoms with Gasteiger partial charge in [0, 0.05) is 17.7 Å². The van der Waals surface area contributed by atoms with Crippen LogP contribution < -0.4 is 20.1 Å². The summed E-state index contributed by atoms with van der Waals surface area (Å²) in [6.45, 7) is 0. The number of hydrogen-bond acceptors (Lipinski definition) is 6. The molecule has 0 amide bonds. The van der Waals surface area contributed by atoms with Crippen LogP contribution in [0, 0.1) is 0 Å². The van der Waals surface area contributed by atoms with Gasteiger partial charge < -0.3 is 25.2 Å².